The molecule has 1 atom stereocenters. The highest BCUT2D eigenvalue weighted by Crippen LogP contribution is 2.40. The number of nitrogens with zero attached hydrogens (tertiary/aromatic N) is 1. The van der Waals surface area contributed by atoms with Gasteiger partial charge in [0.25, 0.3) is 0 Å². The largest absolute Gasteiger partial charge is 0.391 e. The molecule has 3 nitrogen and oxygen atoms in total. The molecule has 116 valence electrons. The lowest BCUT2D eigenvalue weighted by Gasteiger charge is -2.37. The van der Waals surface area contributed by atoms with Crippen molar-refractivity contribution in [2.75, 3.05) is 20.1 Å². The molecule has 1 aliphatic carbocycles. The van der Waals surface area contributed by atoms with Crippen LogP contribution in [0.25, 0.3) is 0 Å². The van der Waals surface area contributed by atoms with E-state index in [0.717, 1.165) is 19.4 Å². The Balaban J connectivity index is 1.85. The predicted molar refractivity (Wildman–Crippen MR) is 70.2 cm³/mol. The molecule has 20 heavy (non-hydrogen) atoms. The SMILES string of the molecule is CNC1CCCN(C(=O)C2CCC(C(F)(F)F)CC2)C1. The monoisotopic (exact) mass is 292 g/mol. The molecule has 0 aromatic heterocycles. The van der Waals surface area contributed by atoms with Crippen LogP contribution in [0.1, 0.15) is 38.5 Å². The van der Waals surface area contributed by atoms with Crippen LogP contribution >= 0.6 is 0 Å². The highest BCUT2D eigenvalue weighted by molar-refractivity contribution is 5.79. The summed E-state index contributed by atoms with van der Waals surface area (Å²) in [5, 5.41) is 3.18. The highest BCUT2D eigenvalue weighted by Gasteiger charge is 2.43. The van der Waals surface area contributed by atoms with Crippen molar-refractivity contribution < 1.29 is 18.0 Å². The molecule has 0 aromatic carbocycles. The number of rotatable bonds is 2. The van der Waals surface area contributed by atoms with Crippen molar-refractivity contribution in [3.8, 4) is 0 Å². The number of likely N-dealkylation sites (N-methyl/N-ethyl adjacent to an activating group) is 1. The smallest absolute Gasteiger partial charge is 0.341 e. The summed E-state index contributed by atoms with van der Waals surface area (Å²) in [6.45, 7) is 1.44. The highest BCUT2D eigenvalue weighted by atomic mass is 19.4. The number of nitrogens with one attached hydrogen (secondary N) is 1. The molecule has 1 unspecified atom stereocenters. The first-order chi connectivity index (χ1) is 9.41. The number of amides is 1. The number of likely N-dealkylation sites (tertiary alicyclic amines) is 1. The maximum absolute atomic E-state index is 12.6. The fourth-order valence-electron chi connectivity index (χ4n) is 3.34. The van der Waals surface area contributed by atoms with E-state index in [0.29, 0.717) is 25.4 Å². The van der Waals surface area contributed by atoms with Gasteiger partial charge in [0.2, 0.25) is 5.91 Å². The summed E-state index contributed by atoms with van der Waals surface area (Å²) in [7, 11) is 1.88. The Labute approximate surface area is 117 Å². The number of hydrogen-bond acceptors (Lipinski definition) is 2. The Morgan fingerprint density at radius 1 is 1.15 bits per heavy atom. The third kappa shape index (κ3) is 3.65. The van der Waals surface area contributed by atoms with Gasteiger partial charge in [-0.05, 0) is 45.6 Å². The Morgan fingerprint density at radius 2 is 1.80 bits per heavy atom. The van der Waals surface area contributed by atoms with Crippen molar-refractivity contribution in [2.24, 2.45) is 11.8 Å². The lowest BCUT2D eigenvalue weighted by molar-refractivity contribution is -0.185. The molecular weight excluding hydrogens is 269 g/mol. The first-order valence-corrected chi connectivity index (χ1v) is 7.44. The van der Waals surface area contributed by atoms with Gasteiger partial charge in [0.05, 0.1) is 5.92 Å². The quantitative estimate of drug-likeness (QED) is 0.848. The summed E-state index contributed by atoms with van der Waals surface area (Å²) in [6, 6.07) is 0.319. The molecular formula is C14H23F3N2O. The standard InChI is InChI=1S/C14H23F3N2O/c1-18-12-3-2-8-19(9-12)13(20)10-4-6-11(7-5-10)14(15,16)17/h10-12,18H,2-9H2,1H3. The van der Waals surface area contributed by atoms with Gasteiger partial charge in [-0.15, -0.1) is 0 Å². The van der Waals surface area contributed by atoms with Crippen LogP contribution < -0.4 is 5.32 Å². The summed E-state index contributed by atoms with van der Waals surface area (Å²) < 4.78 is 37.9. The lowest BCUT2D eigenvalue weighted by atomic mass is 9.81. The van der Waals surface area contributed by atoms with Gasteiger partial charge in [0.1, 0.15) is 0 Å². The van der Waals surface area contributed by atoms with E-state index in [1.165, 1.54) is 0 Å². The van der Waals surface area contributed by atoms with Crippen molar-refractivity contribution in [1.82, 2.24) is 10.2 Å². The summed E-state index contributed by atoms with van der Waals surface area (Å²) >= 11 is 0. The maximum Gasteiger partial charge on any atom is 0.391 e. The van der Waals surface area contributed by atoms with Crippen LogP contribution in [0.2, 0.25) is 0 Å². The minimum absolute atomic E-state index is 0.0607. The lowest BCUT2D eigenvalue weighted by Crippen LogP contribution is -2.49. The average molecular weight is 292 g/mol. The molecule has 2 aliphatic rings. The van der Waals surface area contributed by atoms with E-state index in [4.69, 9.17) is 0 Å². The fourth-order valence-corrected chi connectivity index (χ4v) is 3.34. The number of alkyl halides is 3. The first kappa shape index (κ1) is 15.6. The van der Waals surface area contributed by atoms with Gasteiger partial charge in [-0.25, -0.2) is 0 Å². The second-order valence-electron chi connectivity index (χ2n) is 6.00. The van der Waals surface area contributed by atoms with E-state index in [1.54, 1.807) is 0 Å². The fraction of sp³-hybridized carbons (Fsp3) is 0.929. The Kier molecular flexibility index (Phi) is 4.94. The maximum atomic E-state index is 12.6. The number of halogens is 3. The molecule has 0 aromatic rings. The molecule has 1 amide bonds. The van der Waals surface area contributed by atoms with Gasteiger partial charge in [-0.3, -0.25) is 4.79 Å². The van der Waals surface area contributed by atoms with E-state index in [-0.39, 0.29) is 24.7 Å². The number of piperidine rings is 1. The molecule has 1 saturated carbocycles. The van der Waals surface area contributed by atoms with Gasteiger partial charge in [0, 0.05) is 25.0 Å². The third-order valence-corrected chi connectivity index (χ3v) is 4.68. The van der Waals surface area contributed by atoms with Gasteiger partial charge in [-0.2, -0.15) is 13.2 Å². The van der Waals surface area contributed by atoms with Gasteiger partial charge >= 0.3 is 6.18 Å². The second kappa shape index (κ2) is 6.33. The van der Waals surface area contributed by atoms with Crippen molar-refractivity contribution in [1.29, 1.82) is 0 Å². The zero-order chi connectivity index (χ0) is 14.8. The molecule has 2 rings (SSSR count). The Hall–Kier alpha value is -0.780. The Morgan fingerprint density at radius 3 is 2.35 bits per heavy atom. The van der Waals surface area contributed by atoms with Crippen LogP contribution in [0.5, 0.6) is 0 Å². The second-order valence-corrected chi connectivity index (χ2v) is 6.00. The minimum atomic E-state index is -4.10. The van der Waals surface area contributed by atoms with Crippen LogP contribution in [0.15, 0.2) is 0 Å². The van der Waals surface area contributed by atoms with Gasteiger partial charge < -0.3 is 10.2 Å². The first-order valence-electron chi connectivity index (χ1n) is 7.44. The molecule has 1 aliphatic heterocycles. The summed E-state index contributed by atoms with van der Waals surface area (Å²) in [4.78, 5) is 14.2. The van der Waals surface area contributed by atoms with E-state index in [2.05, 4.69) is 5.32 Å². The van der Waals surface area contributed by atoms with Crippen LogP contribution in [0.4, 0.5) is 13.2 Å². The molecule has 0 radical (unpaired) electrons. The summed E-state index contributed by atoms with van der Waals surface area (Å²) in [5.74, 6) is -1.35. The minimum Gasteiger partial charge on any atom is -0.341 e. The normalized spacial score (nSPS) is 32.2. The van der Waals surface area contributed by atoms with Gasteiger partial charge in [0.15, 0.2) is 0 Å². The summed E-state index contributed by atoms with van der Waals surface area (Å²) in [6.07, 6.45) is -1.12. The Bertz CT molecular complexity index is 338. The molecule has 1 heterocycles. The number of carbonyl (C=O) groups is 1. The number of hydrogen-bond donors (Lipinski definition) is 1. The average Bonchev–Trinajstić information content (AvgIpc) is 2.46. The number of carbonyl (C=O) groups excluding carboxylic acids is 1. The molecule has 2 fully saturated rings. The van der Waals surface area contributed by atoms with E-state index >= 15 is 0 Å². The zero-order valence-corrected chi connectivity index (χ0v) is 11.9. The van der Waals surface area contributed by atoms with Crippen LogP contribution in [0, 0.1) is 11.8 Å². The van der Waals surface area contributed by atoms with Crippen LogP contribution in [0.3, 0.4) is 0 Å². The topological polar surface area (TPSA) is 32.3 Å². The van der Waals surface area contributed by atoms with E-state index in [9.17, 15) is 18.0 Å². The van der Waals surface area contributed by atoms with Gasteiger partial charge in [-0.1, -0.05) is 0 Å². The molecule has 1 saturated heterocycles. The zero-order valence-electron chi connectivity index (χ0n) is 11.9. The van der Waals surface area contributed by atoms with Crippen LogP contribution in [-0.2, 0) is 4.79 Å². The molecule has 0 bridgehead atoms. The molecule has 1 N–H and O–H groups in total. The van der Waals surface area contributed by atoms with E-state index < -0.39 is 12.1 Å². The van der Waals surface area contributed by atoms with Crippen molar-refractivity contribution >= 4 is 5.91 Å². The molecule has 6 heteroatoms. The summed E-state index contributed by atoms with van der Waals surface area (Å²) in [5.41, 5.74) is 0. The van der Waals surface area contributed by atoms with Crippen molar-refractivity contribution in [3.05, 3.63) is 0 Å². The van der Waals surface area contributed by atoms with Crippen molar-refractivity contribution in [2.45, 2.75) is 50.7 Å². The van der Waals surface area contributed by atoms with Crippen molar-refractivity contribution in [3.63, 3.8) is 0 Å². The van der Waals surface area contributed by atoms with E-state index in [1.807, 2.05) is 11.9 Å². The third-order valence-electron chi connectivity index (χ3n) is 4.68. The molecule has 0 spiro atoms. The van der Waals surface area contributed by atoms with Crippen LogP contribution in [-0.4, -0.2) is 43.2 Å². The predicted octanol–water partition coefficient (Wildman–Crippen LogP) is 2.57.